The Balaban J connectivity index is 1.54. The highest BCUT2D eigenvalue weighted by atomic mass is 35.5. The Morgan fingerprint density at radius 2 is 2.03 bits per heavy atom. The Morgan fingerprint density at radius 1 is 1.28 bits per heavy atom. The molecular weight excluding hydrogens is 399 g/mol. The topological polar surface area (TPSA) is 75.7 Å². The number of ether oxygens (including phenoxy) is 1. The first-order valence-electron chi connectivity index (χ1n) is 9.11. The monoisotopic (exact) mass is 418 g/mol. The molecule has 0 unspecified atom stereocenters. The molecule has 2 aromatic rings. The highest BCUT2D eigenvalue weighted by Crippen LogP contribution is 2.24. The van der Waals surface area contributed by atoms with E-state index >= 15 is 0 Å². The smallest absolute Gasteiger partial charge is 0.312 e. The van der Waals surface area contributed by atoms with Gasteiger partial charge in [0.1, 0.15) is 5.82 Å². The lowest BCUT2D eigenvalue weighted by molar-refractivity contribution is -0.157. The molecule has 1 saturated heterocycles. The molecule has 0 aromatic heterocycles. The number of benzene rings is 2. The summed E-state index contributed by atoms with van der Waals surface area (Å²) in [6.45, 7) is 1.92. The second-order valence-electron chi connectivity index (χ2n) is 6.85. The maximum absolute atomic E-state index is 13.2. The zero-order valence-electron chi connectivity index (χ0n) is 15.7. The SMILES string of the molecule is C[C@H](OC(=O)[C@@H]1CC(=O)N(Cc2ccccc2Cl)C1)C(=O)Nc1cccc(F)c1. The van der Waals surface area contributed by atoms with Crippen molar-refractivity contribution in [2.75, 3.05) is 11.9 Å². The third-order valence-electron chi connectivity index (χ3n) is 4.62. The predicted molar refractivity (Wildman–Crippen MR) is 106 cm³/mol. The molecule has 1 aliphatic rings. The van der Waals surface area contributed by atoms with E-state index in [1.165, 1.54) is 25.1 Å². The van der Waals surface area contributed by atoms with Crippen LogP contribution in [0.1, 0.15) is 18.9 Å². The molecule has 1 N–H and O–H groups in total. The fraction of sp³-hybridized carbons (Fsp3) is 0.286. The first-order chi connectivity index (χ1) is 13.8. The molecule has 1 heterocycles. The number of rotatable bonds is 6. The number of nitrogens with one attached hydrogen (secondary N) is 1. The summed E-state index contributed by atoms with van der Waals surface area (Å²) in [5, 5.41) is 3.04. The van der Waals surface area contributed by atoms with Crippen LogP contribution in [0.2, 0.25) is 5.02 Å². The van der Waals surface area contributed by atoms with Gasteiger partial charge in [-0.25, -0.2) is 4.39 Å². The van der Waals surface area contributed by atoms with Gasteiger partial charge in [-0.15, -0.1) is 0 Å². The molecule has 3 rings (SSSR count). The third-order valence-corrected chi connectivity index (χ3v) is 4.99. The summed E-state index contributed by atoms with van der Waals surface area (Å²) < 4.78 is 18.4. The van der Waals surface area contributed by atoms with E-state index in [0.29, 0.717) is 11.6 Å². The highest BCUT2D eigenvalue weighted by molar-refractivity contribution is 6.31. The zero-order valence-corrected chi connectivity index (χ0v) is 16.5. The molecule has 0 aliphatic carbocycles. The molecule has 2 atom stereocenters. The van der Waals surface area contributed by atoms with Crippen LogP contribution in [0.3, 0.4) is 0 Å². The summed E-state index contributed by atoms with van der Waals surface area (Å²) in [6, 6.07) is 12.6. The van der Waals surface area contributed by atoms with Gasteiger partial charge in [0, 0.05) is 30.2 Å². The van der Waals surface area contributed by atoms with Gasteiger partial charge in [-0.2, -0.15) is 0 Å². The predicted octanol–water partition coefficient (Wildman–Crippen LogP) is 3.40. The second-order valence-corrected chi connectivity index (χ2v) is 7.25. The molecule has 6 nitrogen and oxygen atoms in total. The molecule has 1 aliphatic heterocycles. The van der Waals surface area contributed by atoms with E-state index in [4.69, 9.17) is 16.3 Å². The van der Waals surface area contributed by atoms with E-state index in [-0.39, 0.29) is 24.6 Å². The molecule has 0 saturated carbocycles. The van der Waals surface area contributed by atoms with Crippen LogP contribution in [0.15, 0.2) is 48.5 Å². The minimum absolute atomic E-state index is 0.0154. The van der Waals surface area contributed by atoms with E-state index in [0.717, 1.165) is 11.6 Å². The van der Waals surface area contributed by atoms with Crippen LogP contribution in [0.25, 0.3) is 0 Å². The maximum Gasteiger partial charge on any atom is 0.312 e. The summed E-state index contributed by atoms with van der Waals surface area (Å²) in [7, 11) is 0. The lowest BCUT2D eigenvalue weighted by atomic mass is 10.1. The molecule has 29 heavy (non-hydrogen) atoms. The van der Waals surface area contributed by atoms with Gasteiger partial charge in [-0.1, -0.05) is 35.9 Å². The fourth-order valence-electron chi connectivity index (χ4n) is 3.05. The number of esters is 1. The Kier molecular flexibility index (Phi) is 6.49. The van der Waals surface area contributed by atoms with Crippen molar-refractivity contribution in [1.29, 1.82) is 0 Å². The number of carbonyl (C=O) groups is 3. The molecule has 1 fully saturated rings. The quantitative estimate of drug-likeness (QED) is 0.729. The normalized spacial score (nSPS) is 17.1. The average Bonchev–Trinajstić information content (AvgIpc) is 3.04. The summed E-state index contributed by atoms with van der Waals surface area (Å²) >= 11 is 6.13. The van der Waals surface area contributed by atoms with Gasteiger partial charge in [-0.3, -0.25) is 14.4 Å². The molecule has 8 heteroatoms. The number of hydrogen-bond donors (Lipinski definition) is 1. The van der Waals surface area contributed by atoms with Gasteiger partial charge in [0.15, 0.2) is 6.10 Å². The lowest BCUT2D eigenvalue weighted by Gasteiger charge is -2.18. The largest absolute Gasteiger partial charge is 0.452 e. The van der Waals surface area contributed by atoms with Crippen molar-refractivity contribution in [3.05, 3.63) is 64.9 Å². The zero-order chi connectivity index (χ0) is 21.0. The van der Waals surface area contributed by atoms with Crippen molar-refractivity contribution in [2.24, 2.45) is 5.92 Å². The standard InChI is InChI=1S/C21H20ClFN2O4/c1-13(20(27)24-17-7-4-6-16(23)10-17)29-21(28)15-9-19(26)25(12-15)11-14-5-2-3-8-18(14)22/h2-8,10,13,15H,9,11-12H2,1H3,(H,24,27)/t13-,15+/m0/s1. The van der Waals surface area contributed by atoms with E-state index in [9.17, 15) is 18.8 Å². The number of anilines is 1. The van der Waals surface area contributed by atoms with Crippen molar-refractivity contribution in [3.63, 3.8) is 0 Å². The van der Waals surface area contributed by atoms with E-state index in [1.54, 1.807) is 17.0 Å². The highest BCUT2D eigenvalue weighted by Gasteiger charge is 2.36. The number of nitrogens with zero attached hydrogens (tertiary/aromatic N) is 1. The van der Waals surface area contributed by atoms with Crippen LogP contribution in [0.5, 0.6) is 0 Å². The van der Waals surface area contributed by atoms with Crippen LogP contribution in [0.4, 0.5) is 10.1 Å². The van der Waals surface area contributed by atoms with Gasteiger partial charge in [-0.05, 0) is 36.8 Å². The Morgan fingerprint density at radius 3 is 2.76 bits per heavy atom. The van der Waals surface area contributed by atoms with Crippen LogP contribution in [0, 0.1) is 11.7 Å². The minimum Gasteiger partial charge on any atom is -0.452 e. The Bertz CT molecular complexity index is 936. The molecule has 0 radical (unpaired) electrons. The number of likely N-dealkylation sites (tertiary alicyclic amines) is 1. The fourth-order valence-corrected chi connectivity index (χ4v) is 3.24. The molecule has 2 aromatic carbocycles. The van der Waals surface area contributed by atoms with Crippen LogP contribution in [-0.2, 0) is 25.7 Å². The number of hydrogen-bond acceptors (Lipinski definition) is 4. The Labute approximate surface area is 172 Å². The van der Waals surface area contributed by atoms with Crippen LogP contribution >= 0.6 is 11.6 Å². The first-order valence-corrected chi connectivity index (χ1v) is 9.49. The van der Waals surface area contributed by atoms with Gasteiger partial charge in [0.2, 0.25) is 5.91 Å². The average molecular weight is 419 g/mol. The van der Waals surface area contributed by atoms with Gasteiger partial charge in [0.25, 0.3) is 5.91 Å². The number of halogens is 2. The molecule has 152 valence electrons. The lowest BCUT2D eigenvalue weighted by Crippen LogP contribution is -2.33. The third kappa shape index (κ3) is 5.32. The Hall–Kier alpha value is -2.93. The van der Waals surface area contributed by atoms with E-state index in [1.807, 2.05) is 12.1 Å². The molecular formula is C21H20ClFN2O4. The van der Waals surface area contributed by atoms with Crippen LogP contribution in [-0.4, -0.2) is 35.3 Å². The summed E-state index contributed by atoms with van der Waals surface area (Å²) in [4.78, 5) is 38.4. The number of carbonyl (C=O) groups excluding carboxylic acids is 3. The summed E-state index contributed by atoms with van der Waals surface area (Å²) in [5.41, 5.74) is 1.05. The second kappa shape index (κ2) is 9.05. The van der Waals surface area contributed by atoms with Crippen molar-refractivity contribution < 1.29 is 23.5 Å². The summed E-state index contributed by atoms with van der Waals surface area (Å²) in [6.07, 6.45) is -1.07. The molecule has 0 bridgehead atoms. The van der Waals surface area contributed by atoms with E-state index in [2.05, 4.69) is 5.32 Å². The van der Waals surface area contributed by atoms with Crippen LogP contribution < -0.4 is 5.32 Å². The van der Waals surface area contributed by atoms with Gasteiger partial charge in [0.05, 0.1) is 5.92 Å². The molecule has 0 spiro atoms. The van der Waals surface area contributed by atoms with Gasteiger partial charge >= 0.3 is 5.97 Å². The van der Waals surface area contributed by atoms with Gasteiger partial charge < -0.3 is 15.0 Å². The van der Waals surface area contributed by atoms with Crippen molar-refractivity contribution >= 4 is 35.1 Å². The first kappa shape index (κ1) is 20.8. The van der Waals surface area contributed by atoms with E-state index < -0.39 is 29.7 Å². The van der Waals surface area contributed by atoms with Crippen molar-refractivity contribution in [1.82, 2.24) is 4.90 Å². The minimum atomic E-state index is -1.08. The molecule has 2 amide bonds. The van der Waals surface area contributed by atoms with Crippen molar-refractivity contribution in [2.45, 2.75) is 26.0 Å². The van der Waals surface area contributed by atoms with Crippen molar-refractivity contribution in [3.8, 4) is 0 Å². The number of amides is 2. The maximum atomic E-state index is 13.2. The summed E-state index contributed by atoms with van der Waals surface area (Å²) in [5.74, 6) is -2.53.